The van der Waals surface area contributed by atoms with Crippen molar-refractivity contribution in [2.45, 2.75) is 98.5 Å². The van der Waals surface area contributed by atoms with Crippen LogP contribution in [0.5, 0.6) is 0 Å². The summed E-state index contributed by atoms with van der Waals surface area (Å²) < 4.78 is 0. The van der Waals surface area contributed by atoms with Crippen LogP contribution in [0.15, 0.2) is 0 Å². The summed E-state index contributed by atoms with van der Waals surface area (Å²) in [5.74, 6) is 2.60. The predicted octanol–water partition coefficient (Wildman–Crippen LogP) is 5.81. The van der Waals surface area contributed by atoms with Gasteiger partial charge in [-0.1, -0.05) is 79.1 Å². The molecule has 0 amide bonds. The molecule has 0 saturated heterocycles. The molecule has 0 aromatic carbocycles. The van der Waals surface area contributed by atoms with Crippen LogP contribution in [0.25, 0.3) is 0 Å². The molecule has 0 radical (unpaired) electrons. The van der Waals surface area contributed by atoms with Crippen LogP contribution in [-0.4, -0.2) is 11.2 Å². The smallest absolute Gasteiger partial charge is 0.0512 e. The van der Waals surface area contributed by atoms with Crippen molar-refractivity contribution < 1.29 is 5.11 Å². The maximum absolute atomic E-state index is 9.24. The summed E-state index contributed by atoms with van der Waals surface area (Å²) in [5, 5.41) is 9.24. The van der Waals surface area contributed by atoms with E-state index in [0.717, 1.165) is 24.2 Å². The highest BCUT2D eigenvalue weighted by Crippen LogP contribution is 2.21. The second-order valence-corrected chi connectivity index (χ2v) is 7.25. The van der Waals surface area contributed by atoms with Crippen molar-refractivity contribution in [2.75, 3.05) is 0 Å². The summed E-state index contributed by atoms with van der Waals surface area (Å²) >= 11 is 0. The van der Waals surface area contributed by atoms with Gasteiger partial charge in [-0.05, 0) is 31.1 Å². The van der Waals surface area contributed by atoms with E-state index >= 15 is 0 Å². The Morgan fingerprint density at radius 3 is 1.32 bits per heavy atom. The average molecular weight is 271 g/mol. The predicted molar refractivity (Wildman–Crippen MR) is 86.4 cm³/mol. The minimum atomic E-state index is -0.117. The Bertz CT molecular complexity index is 166. The first-order valence-electron chi connectivity index (χ1n) is 8.59. The molecule has 0 aliphatic heterocycles. The lowest BCUT2D eigenvalue weighted by molar-refractivity contribution is 0.178. The van der Waals surface area contributed by atoms with E-state index in [2.05, 4.69) is 27.7 Å². The third-order valence-corrected chi connectivity index (χ3v) is 4.19. The summed E-state index contributed by atoms with van der Waals surface area (Å²) in [4.78, 5) is 0. The molecule has 19 heavy (non-hydrogen) atoms. The first-order chi connectivity index (χ1) is 8.91. The molecule has 1 heteroatoms. The van der Waals surface area contributed by atoms with Gasteiger partial charge in [-0.15, -0.1) is 0 Å². The van der Waals surface area contributed by atoms with Crippen LogP contribution >= 0.6 is 0 Å². The molecule has 0 saturated carbocycles. The maximum atomic E-state index is 9.24. The van der Waals surface area contributed by atoms with Crippen molar-refractivity contribution in [3.63, 3.8) is 0 Å². The lowest BCUT2D eigenvalue weighted by Crippen LogP contribution is -2.03. The van der Waals surface area contributed by atoms with Gasteiger partial charge in [0.25, 0.3) is 0 Å². The number of aliphatic hydroxyl groups excluding tert-OH is 1. The maximum Gasteiger partial charge on any atom is 0.0512 e. The van der Waals surface area contributed by atoms with Crippen LogP contribution in [0.1, 0.15) is 92.4 Å². The van der Waals surface area contributed by atoms with Gasteiger partial charge in [0.15, 0.2) is 0 Å². The number of hydrogen-bond acceptors (Lipinski definition) is 1. The quantitative estimate of drug-likeness (QED) is 0.474. The zero-order valence-corrected chi connectivity index (χ0v) is 14.1. The SMILES string of the molecule is CC(C)CCC[C@@H](C)CCC[C@H](C)CCC[C@H](C)O. The molecule has 3 atom stereocenters. The van der Waals surface area contributed by atoms with Gasteiger partial charge in [-0.25, -0.2) is 0 Å². The van der Waals surface area contributed by atoms with Crippen LogP contribution < -0.4 is 0 Å². The van der Waals surface area contributed by atoms with E-state index in [9.17, 15) is 5.11 Å². The Morgan fingerprint density at radius 2 is 0.947 bits per heavy atom. The molecule has 0 heterocycles. The molecule has 0 fully saturated rings. The topological polar surface area (TPSA) is 20.2 Å². The lowest BCUT2D eigenvalue weighted by atomic mass is 9.92. The molecule has 0 aliphatic carbocycles. The molecule has 0 aliphatic rings. The zero-order valence-electron chi connectivity index (χ0n) is 14.1. The van der Waals surface area contributed by atoms with Crippen molar-refractivity contribution in [1.29, 1.82) is 0 Å². The minimum absolute atomic E-state index is 0.117. The van der Waals surface area contributed by atoms with Crippen LogP contribution in [0, 0.1) is 17.8 Å². The molecule has 0 bridgehead atoms. The Balaban J connectivity index is 3.40. The highest BCUT2D eigenvalue weighted by molar-refractivity contribution is 4.60. The lowest BCUT2D eigenvalue weighted by Gasteiger charge is -2.15. The zero-order chi connectivity index (χ0) is 14.7. The monoisotopic (exact) mass is 270 g/mol. The van der Waals surface area contributed by atoms with E-state index in [0.29, 0.717) is 0 Å². The van der Waals surface area contributed by atoms with Gasteiger partial charge in [-0.2, -0.15) is 0 Å². The van der Waals surface area contributed by atoms with Gasteiger partial charge in [0.1, 0.15) is 0 Å². The second-order valence-electron chi connectivity index (χ2n) is 7.25. The van der Waals surface area contributed by atoms with E-state index in [1.807, 2.05) is 6.92 Å². The fourth-order valence-electron chi connectivity index (χ4n) is 2.74. The molecular formula is C18H38O. The molecule has 0 spiro atoms. The van der Waals surface area contributed by atoms with E-state index in [1.54, 1.807) is 0 Å². The van der Waals surface area contributed by atoms with Crippen molar-refractivity contribution >= 4 is 0 Å². The molecular weight excluding hydrogens is 232 g/mol. The van der Waals surface area contributed by atoms with Crippen molar-refractivity contribution in [1.82, 2.24) is 0 Å². The van der Waals surface area contributed by atoms with Crippen LogP contribution in [0.2, 0.25) is 0 Å². The fraction of sp³-hybridized carbons (Fsp3) is 1.00. The number of rotatable bonds is 12. The molecule has 0 aromatic rings. The van der Waals surface area contributed by atoms with Crippen LogP contribution in [0.3, 0.4) is 0 Å². The van der Waals surface area contributed by atoms with Crippen molar-refractivity contribution in [2.24, 2.45) is 17.8 Å². The Morgan fingerprint density at radius 1 is 0.579 bits per heavy atom. The van der Waals surface area contributed by atoms with Gasteiger partial charge in [0, 0.05) is 0 Å². The van der Waals surface area contributed by atoms with Crippen molar-refractivity contribution in [3.8, 4) is 0 Å². The number of aliphatic hydroxyl groups is 1. The number of hydrogen-bond donors (Lipinski definition) is 1. The van der Waals surface area contributed by atoms with Gasteiger partial charge in [0.2, 0.25) is 0 Å². The summed E-state index contributed by atoms with van der Waals surface area (Å²) in [7, 11) is 0. The highest BCUT2D eigenvalue weighted by Gasteiger charge is 2.07. The normalized spacial score (nSPS) is 16.6. The fourth-order valence-corrected chi connectivity index (χ4v) is 2.74. The summed E-state index contributed by atoms with van der Waals surface area (Å²) in [6.07, 6.45) is 11.7. The summed E-state index contributed by atoms with van der Waals surface area (Å²) in [6.45, 7) is 11.3. The summed E-state index contributed by atoms with van der Waals surface area (Å²) in [5.41, 5.74) is 0. The van der Waals surface area contributed by atoms with E-state index in [-0.39, 0.29) is 6.10 Å². The van der Waals surface area contributed by atoms with Gasteiger partial charge in [0.05, 0.1) is 6.10 Å². The molecule has 0 unspecified atom stereocenters. The van der Waals surface area contributed by atoms with Crippen LogP contribution in [0.4, 0.5) is 0 Å². The van der Waals surface area contributed by atoms with Gasteiger partial charge < -0.3 is 5.11 Å². The van der Waals surface area contributed by atoms with Crippen molar-refractivity contribution in [3.05, 3.63) is 0 Å². The minimum Gasteiger partial charge on any atom is -0.393 e. The van der Waals surface area contributed by atoms with E-state index < -0.39 is 0 Å². The highest BCUT2D eigenvalue weighted by atomic mass is 16.3. The second kappa shape index (κ2) is 11.8. The molecule has 0 rings (SSSR count). The third-order valence-electron chi connectivity index (χ3n) is 4.19. The molecule has 1 N–H and O–H groups in total. The molecule has 1 nitrogen and oxygen atoms in total. The van der Waals surface area contributed by atoms with E-state index in [4.69, 9.17) is 0 Å². The third kappa shape index (κ3) is 14.2. The van der Waals surface area contributed by atoms with Gasteiger partial charge in [-0.3, -0.25) is 0 Å². The van der Waals surface area contributed by atoms with Crippen LogP contribution in [-0.2, 0) is 0 Å². The van der Waals surface area contributed by atoms with Gasteiger partial charge >= 0.3 is 0 Å². The molecule has 116 valence electrons. The standard InChI is InChI=1S/C18H38O/c1-15(2)9-6-10-16(3)11-7-12-17(4)13-8-14-18(5)19/h15-19H,6-14H2,1-5H3/t16-,17+,18+/m1/s1. The molecule has 0 aromatic heterocycles. The van der Waals surface area contributed by atoms with E-state index in [1.165, 1.54) is 51.4 Å². The first kappa shape index (κ1) is 19.0. The first-order valence-corrected chi connectivity index (χ1v) is 8.59. The summed E-state index contributed by atoms with van der Waals surface area (Å²) in [6, 6.07) is 0. The average Bonchev–Trinajstić information content (AvgIpc) is 2.27. The largest absolute Gasteiger partial charge is 0.393 e. The Hall–Kier alpha value is -0.0400. The Labute approximate surface area is 122 Å². The Kier molecular flexibility index (Phi) is 11.7.